The van der Waals surface area contributed by atoms with Gasteiger partial charge in [-0.05, 0) is 44.0 Å². The fourth-order valence-electron chi connectivity index (χ4n) is 2.45. The third-order valence-electron chi connectivity index (χ3n) is 3.45. The van der Waals surface area contributed by atoms with Gasteiger partial charge in [0.05, 0.1) is 12.2 Å². The number of pyridine rings is 1. The van der Waals surface area contributed by atoms with E-state index < -0.39 is 0 Å². The minimum Gasteiger partial charge on any atom is -0.306 e. The van der Waals surface area contributed by atoms with Gasteiger partial charge in [-0.15, -0.1) is 0 Å². The standard InChI is InChI=1S/C17H21FN2/c1-4-8-20-17(15-7-9-19-11-16(15)18)14-6-5-12(2)10-13(14)3/h5-7,9-11,17,20H,4,8H2,1-3H3. The Hall–Kier alpha value is -1.74. The van der Waals surface area contributed by atoms with Crippen LogP contribution in [0.4, 0.5) is 4.39 Å². The molecular weight excluding hydrogens is 251 g/mol. The molecule has 1 heterocycles. The summed E-state index contributed by atoms with van der Waals surface area (Å²) in [6.45, 7) is 7.09. The highest BCUT2D eigenvalue weighted by Gasteiger charge is 2.18. The van der Waals surface area contributed by atoms with E-state index in [0.29, 0.717) is 5.56 Å². The SMILES string of the molecule is CCCNC(c1ccc(C)cc1C)c1ccncc1F. The summed E-state index contributed by atoms with van der Waals surface area (Å²) in [5.41, 5.74) is 4.17. The van der Waals surface area contributed by atoms with Gasteiger partial charge < -0.3 is 5.32 Å². The minimum absolute atomic E-state index is 0.126. The molecule has 2 nitrogen and oxygen atoms in total. The van der Waals surface area contributed by atoms with Crippen LogP contribution in [0.1, 0.15) is 41.6 Å². The van der Waals surface area contributed by atoms with Crippen LogP contribution >= 0.6 is 0 Å². The number of aromatic nitrogens is 1. The van der Waals surface area contributed by atoms with Crippen LogP contribution in [0.3, 0.4) is 0 Å². The van der Waals surface area contributed by atoms with E-state index in [0.717, 1.165) is 18.5 Å². The number of nitrogens with zero attached hydrogens (tertiary/aromatic N) is 1. The first-order valence-corrected chi connectivity index (χ1v) is 7.03. The van der Waals surface area contributed by atoms with Crippen molar-refractivity contribution in [1.29, 1.82) is 0 Å². The first kappa shape index (κ1) is 14.7. The van der Waals surface area contributed by atoms with Crippen LogP contribution in [0.5, 0.6) is 0 Å². The molecule has 2 rings (SSSR count). The summed E-state index contributed by atoms with van der Waals surface area (Å²) in [5.74, 6) is -0.263. The second-order valence-corrected chi connectivity index (χ2v) is 5.14. The zero-order valence-electron chi connectivity index (χ0n) is 12.3. The predicted octanol–water partition coefficient (Wildman–Crippen LogP) is 3.93. The molecule has 1 unspecified atom stereocenters. The third-order valence-corrected chi connectivity index (χ3v) is 3.45. The molecule has 0 radical (unpaired) electrons. The molecule has 106 valence electrons. The smallest absolute Gasteiger partial charge is 0.146 e. The van der Waals surface area contributed by atoms with E-state index in [-0.39, 0.29) is 11.9 Å². The molecule has 20 heavy (non-hydrogen) atoms. The van der Waals surface area contributed by atoms with Crippen LogP contribution < -0.4 is 5.32 Å². The van der Waals surface area contributed by atoms with Crippen LogP contribution in [0.25, 0.3) is 0 Å². The van der Waals surface area contributed by atoms with Gasteiger partial charge in [0.25, 0.3) is 0 Å². The lowest BCUT2D eigenvalue weighted by Crippen LogP contribution is -2.25. The maximum absolute atomic E-state index is 14.1. The Kier molecular flexibility index (Phi) is 4.85. The number of halogens is 1. The molecule has 0 aliphatic carbocycles. The van der Waals surface area contributed by atoms with Crippen molar-refractivity contribution >= 4 is 0 Å². The van der Waals surface area contributed by atoms with Crippen LogP contribution in [0, 0.1) is 19.7 Å². The second-order valence-electron chi connectivity index (χ2n) is 5.14. The van der Waals surface area contributed by atoms with Crippen molar-refractivity contribution in [3.8, 4) is 0 Å². The minimum atomic E-state index is -0.263. The van der Waals surface area contributed by atoms with Crippen LogP contribution in [-0.4, -0.2) is 11.5 Å². The summed E-state index contributed by atoms with van der Waals surface area (Å²) in [7, 11) is 0. The van der Waals surface area contributed by atoms with E-state index in [4.69, 9.17) is 0 Å². The van der Waals surface area contributed by atoms with Crippen molar-refractivity contribution < 1.29 is 4.39 Å². The number of hydrogen-bond acceptors (Lipinski definition) is 2. The summed E-state index contributed by atoms with van der Waals surface area (Å²) in [6.07, 6.45) is 3.93. The molecule has 1 aromatic carbocycles. The Morgan fingerprint density at radius 1 is 1.20 bits per heavy atom. The lowest BCUT2D eigenvalue weighted by molar-refractivity contribution is 0.542. The van der Waals surface area contributed by atoms with Crippen LogP contribution in [-0.2, 0) is 0 Å². The lowest BCUT2D eigenvalue weighted by Gasteiger charge is -2.22. The van der Waals surface area contributed by atoms with Crippen LogP contribution in [0.15, 0.2) is 36.7 Å². The highest BCUT2D eigenvalue weighted by molar-refractivity contribution is 5.38. The Morgan fingerprint density at radius 2 is 2.00 bits per heavy atom. The zero-order chi connectivity index (χ0) is 14.5. The Bertz CT molecular complexity index is 581. The third kappa shape index (κ3) is 3.23. The molecule has 0 bridgehead atoms. The van der Waals surface area contributed by atoms with Crippen molar-refractivity contribution in [2.24, 2.45) is 0 Å². The maximum Gasteiger partial charge on any atom is 0.146 e. The molecule has 0 spiro atoms. The van der Waals surface area contributed by atoms with E-state index in [2.05, 4.69) is 49.3 Å². The summed E-state index contributed by atoms with van der Waals surface area (Å²) in [4.78, 5) is 3.84. The molecule has 1 aromatic heterocycles. The van der Waals surface area contributed by atoms with Gasteiger partial charge in [-0.1, -0.05) is 30.7 Å². The fourth-order valence-corrected chi connectivity index (χ4v) is 2.45. The van der Waals surface area contributed by atoms with Gasteiger partial charge in [0.15, 0.2) is 0 Å². The monoisotopic (exact) mass is 272 g/mol. The summed E-state index contributed by atoms with van der Waals surface area (Å²) >= 11 is 0. The average molecular weight is 272 g/mol. The number of nitrogens with one attached hydrogen (secondary N) is 1. The molecule has 1 atom stereocenters. The van der Waals surface area contributed by atoms with Crippen molar-refractivity contribution in [1.82, 2.24) is 10.3 Å². The highest BCUT2D eigenvalue weighted by Crippen LogP contribution is 2.27. The largest absolute Gasteiger partial charge is 0.306 e. The van der Waals surface area contributed by atoms with Gasteiger partial charge in [0, 0.05) is 11.8 Å². The Balaban J connectivity index is 2.44. The Labute approximate surface area is 120 Å². The summed E-state index contributed by atoms with van der Waals surface area (Å²) in [6, 6.07) is 7.91. The van der Waals surface area contributed by atoms with Gasteiger partial charge in [0.1, 0.15) is 5.82 Å². The topological polar surface area (TPSA) is 24.9 Å². The van der Waals surface area contributed by atoms with Gasteiger partial charge >= 0.3 is 0 Å². The van der Waals surface area contributed by atoms with Crippen molar-refractivity contribution in [2.45, 2.75) is 33.2 Å². The van der Waals surface area contributed by atoms with Crippen molar-refractivity contribution in [2.75, 3.05) is 6.54 Å². The summed E-state index contributed by atoms with van der Waals surface area (Å²) < 4.78 is 14.1. The molecule has 0 saturated heterocycles. The van der Waals surface area contributed by atoms with E-state index in [1.165, 1.54) is 17.3 Å². The number of aryl methyl sites for hydroxylation is 2. The van der Waals surface area contributed by atoms with E-state index >= 15 is 0 Å². The number of rotatable bonds is 5. The predicted molar refractivity (Wildman–Crippen MR) is 80.2 cm³/mol. The maximum atomic E-state index is 14.1. The molecule has 2 aromatic rings. The fraction of sp³-hybridized carbons (Fsp3) is 0.353. The van der Waals surface area contributed by atoms with Crippen molar-refractivity contribution in [3.63, 3.8) is 0 Å². The molecule has 0 fully saturated rings. The first-order valence-electron chi connectivity index (χ1n) is 7.03. The Morgan fingerprint density at radius 3 is 2.65 bits per heavy atom. The van der Waals surface area contributed by atoms with Gasteiger partial charge in [-0.3, -0.25) is 4.98 Å². The quantitative estimate of drug-likeness (QED) is 0.892. The molecular formula is C17H21FN2. The number of benzene rings is 1. The second kappa shape index (κ2) is 6.62. The van der Waals surface area contributed by atoms with Gasteiger partial charge in [-0.2, -0.15) is 0 Å². The normalized spacial score (nSPS) is 12.4. The van der Waals surface area contributed by atoms with Crippen molar-refractivity contribution in [3.05, 3.63) is 64.7 Å². The summed E-state index contributed by atoms with van der Waals surface area (Å²) in [5, 5.41) is 3.44. The van der Waals surface area contributed by atoms with Crippen LogP contribution in [0.2, 0.25) is 0 Å². The van der Waals surface area contributed by atoms with E-state index in [1.54, 1.807) is 12.3 Å². The first-order chi connectivity index (χ1) is 9.63. The molecule has 0 aliphatic heterocycles. The number of hydrogen-bond donors (Lipinski definition) is 1. The lowest BCUT2D eigenvalue weighted by atomic mass is 9.94. The highest BCUT2D eigenvalue weighted by atomic mass is 19.1. The molecule has 0 aliphatic rings. The van der Waals surface area contributed by atoms with E-state index in [9.17, 15) is 4.39 Å². The average Bonchev–Trinajstić information content (AvgIpc) is 2.42. The molecule has 0 amide bonds. The molecule has 1 N–H and O–H groups in total. The van der Waals surface area contributed by atoms with Gasteiger partial charge in [-0.25, -0.2) is 4.39 Å². The zero-order valence-corrected chi connectivity index (χ0v) is 12.3. The van der Waals surface area contributed by atoms with Gasteiger partial charge in [0.2, 0.25) is 0 Å². The van der Waals surface area contributed by atoms with E-state index in [1.807, 2.05) is 0 Å². The molecule has 3 heteroatoms. The molecule has 0 saturated carbocycles.